The quantitative estimate of drug-likeness (QED) is 0.764. The van der Waals surface area contributed by atoms with Crippen molar-refractivity contribution in [2.75, 3.05) is 50.9 Å². The molecule has 0 aromatic carbocycles. The smallest absolute Gasteiger partial charge is 0.211 e. The zero-order valence-corrected chi connectivity index (χ0v) is 17.7. The number of nitrogens with zero attached hydrogens (tertiary/aromatic N) is 5. The van der Waals surface area contributed by atoms with Crippen LogP contribution in [0.2, 0.25) is 0 Å². The number of hydrogen-bond acceptors (Lipinski definition) is 7. The highest BCUT2D eigenvalue weighted by Gasteiger charge is 2.42. The largest absolute Gasteiger partial charge is 0.387 e. The fourth-order valence-corrected chi connectivity index (χ4v) is 4.54. The molecule has 3 rings (SSSR count). The van der Waals surface area contributed by atoms with Crippen LogP contribution in [-0.2, 0) is 15.4 Å². The molecule has 3 heterocycles. The van der Waals surface area contributed by atoms with Crippen molar-refractivity contribution < 1.29 is 13.5 Å². The van der Waals surface area contributed by atoms with E-state index in [0.29, 0.717) is 25.6 Å². The highest BCUT2D eigenvalue weighted by molar-refractivity contribution is 7.88. The first-order valence-electron chi connectivity index (χ1n) is 9.34. The van der Waals surface area contributed by atoms with Gasteiger partial charge in [0.1, 0.15) is 0 Å². The molecule has 1 aromatic rings. The molecule has 8 nitrogen and oxygen atoms in total. The number of aliphatic hydroxyl groups is 1. The monoisotopic (exact) mass is 397 g/mol. The third-order valence-corrected chi connectivity index (χ3v) is 6.79. The van der Waals surface area contributed by atoms with E-state index in [1.165, 1.54) is 10.6 Å². The van der Waals surface area contributed by atoms with E-state index in [-0.39, 0.29) is 12.0 Å². The van der Waals surface area contributed by atoms with Crippen molar-refractivity contribution in [1.82, 2.24) is 19.4 Å². The summed E-state index contributed by atoms with van der Waals surface area (Å²) in [6, 6.07) is 4.35. The minimum absolute atomic E-state index is 0.0141. The van der Waals surface area contributed by atoms with E-state index >= 15 is 0 Å². The summed E-state index contributed by atoms with van der Waals surface area (Å²) in [5.74, 6) is 0.871. The summed E-state index contributed by atoms with van der Waals surface area (Å²) in [5.41, 5.74) is -0.0222. The fraction of sp³-hybridized carbons (Fsp3) is 0.778. The number of hydrogen-bond donors (Lipinski definition) is 1. The number of sulfonamides is 1. The number of likely N-dealkylation sites (N-methyl/N-ethyl adjacent to an activating group) is 1. The summed E-state index contributed by atoms with van der Waals surface area (Å²) < 4.78 is 24.7. The Labute approximate surface area is 162 Å². The molecule has 0 amide bonds. The summed E-state index contributed by atoms with van der Waals surface area (Å²) in [6.07, 6.45) is 1.67. The summed E-state index contributed by atoms with van der Waals surface area (Å²) in [4.78, 5) is 4.29. The van der Waals surface area contributed by atoms with Gasteiger partial charge in [-0.1, -0.05) is 20.8 Å². The van der Waals surface area contributed by atoms with Crippen LogP contribution >= 0.6 is 0 Å². The van der Waals surface area contributed by atoms with Crippen LogP contribution in [0.25, 0.3) is 0 Å². The van der Waals surface area contributed by atoms with Crippen molar-refractivity contribution >= 4 is 15.8 Å². The van der Waals surface area contributed by atoms with Gasteiger partial charge in [0.2, 0.25) is 10.0 Å². The number of anilines is 1. The van der Waals surface area contributed by atoms with Crippen LogP contribution in [0.1, 0.15) is 32.9 Å². The van der Waals surface area contributed by atoms with E-state index in [2.05, 4.69) is 40.8 Å². The molecule has 2 aliphatic rings. The highest BCUT2D eigenvalue weighted by Crippen LogP contribution is 2.28. The first kappa shape index (κ1) is 20.4. The zero-order valence-electron chi connectivity index (χ0n) is 16.9. The third kappa shape index (κ3) is 4.59. The Morgan fingerprint density at radius 1 is 1.30 bits per heavy atom. The first-order chi connectivity index (χ1) is 12.4. The van der Waals surface area contributed by atoms with Gasteiger partial charge in [-0.05, 0) is 25.6 Å². The van der Waals surface area contributed by atoms with E-state index in [1.807, 2.05) is 19.2 Å². The SMILES string of the molecule is CN(CC1(O)CCN(S(C)(=O)=O)C1)C1CN(c2ccc(C(C)(C)C)nn2)C1. The Balaban J connectivity index is 1.52. The van der Waals surface area contributed by atoms with E-state index < -0.39 is 15.6 Å². The van der Waals surface area contributed by atoms with Crippen LogP contribution in [0, 0.1) is 0 Å². The van der Waals surface area contributed by atoms with Crippen LogP contribution < -0.4 is 4.90 Å². The summed E-state index contributed by atoms with van der Waals surface area (Å²) in [5, 5.41) is 19.5. The molecule has 0 radical (unpaired) electrons. The molecule has 27 heavy (non-hydrogen) atoms. The Kier molecular flexibility index (Phi) is 5.26. The van der Waals surface area contributed by atoms with Gasteiger partial charge >= 0.3 is 0 Å². The molecule has 2 saturated heterocycles. The Morgan fingerprint density at radius 2 is 1.96 bits per heavy atom. The molecule has 0 bridgehead atoms. The average molecular weight is 398 g/mol. The predicted molar refractivity (Wildman–Crippen MR) is 105 cm³/mol. The van der Waals surface area contributed by atoms with E-state index in [1.54, 1.807) is 0 Å². The normalized spacial score (nSPS) is 25.2. The molecule has 2 aliphatic heterocycles. The van der Waals surface area contributed by atoms with Crippen LogP contribution in [0.15, 0.2) is 12.1 Å². The van der Waals surface area contributed by atoms with Crippen molar-refractivity contribution in [3.05, 3.63) is 17.8 Å². The molecule has 0 aliphatic carbocycles. The fourth-order valence-electron chi connectivity index (χ4n) is 3.64. The molecule has 1 N–H and O–H groups in total. The summed E-state index contributed by atoms with van der Waals surface area (Å²) in [7, 11) is -1.27. The molecule has 9 heteroatoms. The molecule has 0 saturated carbocycles. The summed E-state index contributed by atoms with van der Waals surface area (Å²) in [6.45, 7) is 9.02. The van der Waals surface area contributed by atoms with Crippen molar-refractivity contribution in [2.45, 2.75) is 44.2 Å². The Morgan fingerprint density at radius 3 is 2.44 bits per heavy atom. The van der Waals surface area contributed by atoms with Crippen LogP contribution in [-0.4, -0.2) is 90.6 Å². The van der Waals surface area contributed by atoms with Crippen molar-refractivity contribution in [2.24, 2.45) is 0 Å². The van der Waals surface area contributed by atoms with Crippen molar-refractivity contribution in [1.29, 1.82) is 0 Å². The van der Waals surface area contributed by atoms with Gasteiger partial charge in [-0.25, -0.2) is 8.42 Å². The molecule has 2 fully saturated rings. The number of aromatic nitrogens is 2. The predicted octanol–water partition coefficient (Wildman–Crippen LogP) is 0.291. The van der Waals surface area contributed by atoms with Crippen molar-refractivity contribution in [3.8, 4) is 0 Å². The molecule has 1 atom stereocenters. The number of β-amino-alcohol motifs (C(OH)–C–C–N with tert-alkyl or cyclic N) is 1. The topological polar surface area (TPSA) is 89.9 Å². The lowest BCUT2D eigenvalue weighted by Crippen LogP contribution is -2.61. The molecule has 0 spiro atoms. The van der Waals surface area contributed by atoms with Gasteiger partial charge in [-0.3, -0.25) is 4.90 Å². The van der Waals surface area contributed by atoms with Gasteiger partial charge in [0.15, 0.2) is 5.82 Å². The standard InChI is InChI=1S/C18H31N5O3S/c1-17(2,3)15-6-7-16(20-19-15)22-10-14(11-22)21(4)12-18(24)8-9-23(13-18)27(5,25)26/h6-7,14,24H,8-13H2,1-5H3. The first-order valence-corrected chi connectivity index (χ1v) is 11.2. The lowest BCUT2D eigenvalue weighted by Gasteiger charge is -2.46. The Bertz CT molecular complexity index is 771. The average Bonchev–Trinajstić information content (AvgIpc) is 2.87. The minimum atomic E-state index is -3.25. The second-order valence-electron chi connectivity index (χ2n) is 9.07. The van der Waals surface area contributed by atoms with Gasteiger partial charge in [0.25, 0.3) is 0 Å². The van der Waals surface area contributed by atoms with Gasteiger partial charge in [-0.15, -0.1) is 5.10 Å². The Hall–Kier alpha value is -1.29. The molecule has 1 aromatic heterocycles. The molecular formula is C18H31N5O3S. The zero-order chi connectivity index (χ0) is 20.0. The van der Waals surface area contributed by atoms with Crippen LogP contribution in [0.5, 0.6) is 0 Å². The second kappa shape index (κ2) is 6.95. The number of rotatable bonds is 5. The van der Waals surface area contributed by atoms with Crippen LogP contribution in [0.3, 0.4) is 0 Å². The third-order valence-electron chi connectivity index (χ3n) is 5.54. The van der Waals surface area contributed by atoms with E-state index in [4.69, 9.17) is 0 Å². The van der Waals surface area contributed by atoms with Gasteiger partial charge in [0.05, 0.1) is 17.6 Å². The maximum Gasteiger partial charge on any atom is 0.211 e. The molecule has 152 valence electrons. The van der Waals surface area contributed by atoms with Gasteiger partial charge < -0.3 is 10.0 Å². The molecular weight excluding hydrogens is 366 g/mol. The van der Waals surface area contributed by atoms with E-state index in [0.717, 1.165) is 24.6 Å². The van der Waals surface area contributed by atoms with Crippen LogP contribution in [0.4, 0.5) is 5.82 Å². The van der Waals surface area contributed by atoms with Gasteiger partial charge in [0, 0.05) is 44.2 Å². The van der Waals surface area contributed by atoms with Crippen molar-refractivity contribution in [3.63, 3.8) is 0 Å². The maximum absolute atomic E-state index is 11.7. The lowest BCUT2D eigenvalue weighted by atomic mass is 9.92. The lowest BCUT2D eigenvalue weighted by molar-refractivity contribution is 0.00864. The maximum atomic E-state index is 11.7. The minimum Gasteiger partial charge on any atom is -0.387 e. The molecule has 1 unspecified atom stereocenters. The van der Waals surface area contributed by atoms with Gasteiger partial charge in [-0.2, -0.15) is 9.40 Å². The second-order valence-corrected chi connectivity index (χ2v) is 11.1. The summed E-state index contributed by atoms with van der Waals surface area (Å²) >= 11 is 0. The van der Waals surface area contributed by atoms with E-state index in [9.17, 15) is 13.5 Å². The highest BCUT2D eigenvalue weighted by atomic mass is 32.2.